The van der Waals surface area contributed by atoms with E-state index >= 15 is 0 Å². The molecule has 0 heterocycles. The topological polar surface area (TPSA) is 108 Å². The fraction of sp³-hybridized carbons (Fsp3) is 0.735. The summed E-state index contributed by atoms with van der Waals surface area (Å²) in [4.78, 5) is 37.1. The Morgan fingerprint density at radius 2 is 0.983 bits per heavy atom. The Labute approximate surface area is 355 Å². The predicted octanol–water partition coefficient (Wildman–Crippen LogP) is 12.2. The number of likely N-dealkylation sites (N-methyl/N-ethyl adjacent to an activating group) is 1. The smallest absolute Gasteiger partial charge is 0.361 e. The molecular formula is C49H86NO8+. The van der Waals surface area contributed by atoms with E-state index < -0.39 is 24.3 Å². The molecule has 0 spiro atoms. The molecule has 0 aliphatic rings. The maximum absolute atomic E-state index is 12.8. The van der Waals surface area contributed by atoms with Crippen molar-refractivity contribution in [1.29, 1.82) is 0 Å². The zero-order valence-corrected chi connectivity index (χ0v) is 37.7. The minimum absolute atomic E-state index is 0.179. The van der Waals surface area contributed by atoms with E-state index in [1.54, 1.807) is 0 Å². The van der Waals surface area contributed by atoms with Crippen molar-refractivity contribution in [2.75, 3.05) is 47.5 Å². The second-order valence-electron chi connectivity index (χ2n) is 16.3. The molecule has 0 bridgehead atoms. The highest BCUT2D eigenvalue weighted by atomic mass is 16.7. The minimum Gasteiger partial charge on any atom is -0.477 e. The summed E-state index contributed by atoms with van der Waals surface area (Å²) in [5, 5.41) is 9.64. The van der Waals surface area contributed by atoms with Crippen LogP contribution in [0.3, 0.4) is 0 Å². The number of hydrogen-bond donors (Lipinski definition) is 1. The van der Waals surface area contributed by atoms with Crippen LogP contribution < -0.4 is 0 Å². The Hall–Kier alpha value is -3.01. The number of ether oxygens (including phenoxy) is 4. The molecule has 0 saturated heterocycles. The summed E-state index contributed by atoms with van der Waals surface area (Å²) in [5.41, 5.74) is 0. The van der Waals surface area contributed by atoms with Gasteiger partial charge < -0.3 is 28.5 Å². The Balaban J connectivity index is 4.50. The number of carbonyl (C=O) groups excluding carboxylic acids is 2. The van der Waals surface area contributed by atoms with Gasteiger partial charge in [0.1, 0.15) is 13.2 Å². The Morgan fingerprint density at radius 1 is 0.534 bits per heavy atom. The number of allylic oxidation sites excluding steroid dienone is 10. The molecule has 0 saturated carbocycles. The van der Waals surface area contributed by atoms with Gasteiger partial charge in [0, 0.05) is 12.8 Å². The van der Waals surface area contributed by atoms with Crippen molar-refractivity contribution in [2.24, 2.45) is 0 Å². The molecule has 0 aromatic heterocycles. The molecule has 58 heavy (non-hydrogen) atoms. The van der Waals surface area contributed by atoms with E-state index in [0.29, 0.717) is 17.4 Å². The lowest BCUT2D eigenvalue weighted by Gasteiger charge is -2.25. The number of esters is 2. The molecule has 0 aliphatic heterocycles. The highest BCUT2D eigenvalue weighted by Crippen LogP contribution is 2.13. The number of carbonyl (C=O) groups is 3. The van der Waals surface area contributed by atoms with E-state index in [2.05, 4.69) is 74.6 Å². The van der Waals surface area contributed by atoms with Crippen molar-refractivity contribution in [3.63, 3.8) is 0 Å². The standard InChI is InChI=1S/C49H85NO8/c1-6-8-10-12-14-16-18-20-22-24-26-28-30-32-34-36-38-40-47(52)58-45(44-57-49(48(53)54)55-42-41-50(3,4)5)43-56-46(51)39-37-35-33-31-29-27-25-23-21-19-17-15-13-11-9-7-2/h8,10,14,16,20,22-23,25-26,28,45,49H,6-7,9,11-13,15,17-19,21,24,27,29-44H2,1-5H3/p+1/b10-8-,16-14-,22-20-,25-23-,28-26-. The average molecular weight is 817 g/mol. The van der Waals surface area contributed by atoms with Crippen LogP contribution in [0.5, 0.6) is 0 Å². The van der Waals surface area contributed by atoms with Gasteiger partial charge in [0.25, 0.3) is 6.29 Å². The van der Waals surface area contributed by atoms with Gasteiger partial charge in [-0.2, -0.15) is 0 Å². The third-order valence-electron chi connectivity index (χ3n) is 9.51. The monoisotopic (exact) mass is 817 g/mol. The van der Waals surface area contributed by atoms with Crippen LogP contribution in [0, 0.1) is 0 Å². The maximum Gasteiger partial charge on any atom is 0.361 e. The molecule has 2 atom stereocenters. The molecule has 0 radical (unpaired) electrons. The van der Waals surface area contributed by atoms with Gasteiger partial charge in [-0.25, -0.2) is 4.79 Å². The lowest BCUT2D eigenvalue weighted by Crippen LogP contribution is -2.40. The fourth-order valence-corrected chi connectivity index (χ4v) is 5.94. The first kappa shape index (κ1) is 55.0. The zero-order chi connectivity index (χ0) is 42.8. The number of quaternary nitrogens is 1. The minimum atomic E-state index is -1.52. The van der Waals surface area contributed by atoms with Crippen molar-refractivity contribution in [2.45, 2.75) is 187 Å². The van der Waals surface area contributed by atoms with E-state index in [1.165, 1.54) is 51.4 Å². The Morgan fingerprint density at radius 3 is 1.48 bits per heavy atom. The predicted molar refractivity (Wildman–Crippen MR) is 240 cm³/mol. The SMILES string of the molecule is CC/C=C\C/C=C\C/C=C\C/C=C\CCCCCCC(=O)OC(COC(=O)CCCCCCC/C=C\CCCCCCCCC)COC(OCC[N+](C)(C)C)C(=O)O. The maximum atomic E-state index is 12.8. The third-order valence-corrected chi connectivity index (χ3v) is 9.51. The van der Waals surface area contributed by atoms with Crippen molar-refractivity contribution in [1.82, 2.24) is 0 Å². The fourth-order valence-electron chi connectivity index (χ4n) is 5.94. The van der Waals surface area contributed by atoms with Gasteiger partial charge in [0.2, 0.25) is 0 Å². The first-order chi connectivity index (χ1) is 28.1. The third kappa shape index (κ3) is 41.2. The average Bonchev–Trinajstić information content (AvgIpc) is 3.18. The van der Waals surface area contributed by atoms with Crippen LogP contribution in [0.4, 0.5) is 0 Å². The molecule has 1 N–H and O–H groups in total. The molecule has 0 aliphatic carbocycles. The van der Waals surface area contributed by atoms with Gasteiger partial charge >= 0.3 is 17.9 Å². The van der Waals surface area contributed by atoms with Crippen molar-refractivity contribution >= 4 is 17.9 Å². The van der Waals surface area contributed by atoms with Gasteiger partial charge in [0.05, 0.1) is 34.4 Å². The quantitative estimate of drug-likeness (QED) is 0.0214. The van der Waals surface area contributed by atoms with Crippen LogP contribution >= 0.6 is 0 Å². The second kappa shape index (κ2) is 40.8. The van der Waals surface area contributed by atoms with Crippen LogP contribution in [-0.2, 0) is 33.3 Å². The van der Waals surface area contributed by atoms with Crippen molar-refractivity contribution in [3.8, 4) is 0 Å². The lowest BCUT2D eigenvalue weighted by molar-refractivity contribution is -0.870. The van der Waals surface area contributed by atoms with Gasteiger partial charge in [-0.1, -0.05) is 145 Å². The summed E-state index contributed by atoms with van der Waals surface area (Å²) >= 11 is 0. The van der Waals surface area contributed by atoms with Crippen LogP contribution in [-0.4, -0.2) is 87.4 Å². The molecule has 9 heteroatoms. The number of carboxylic acids is 1. The molecule has 0 fully saturated rings. The van der Waals surface area contributed by atoms with Crippen LogP contribution in [0.2, 0.25) is 0 Å². The van der Waals surface area contributed by atoms with E-state index in [0.717, 1.165) is 89.9 Å². The molecule has 0 rings (SSSR count). The summed E-state index contributed by atoms with van der Waals surface area (Å²) in [6.07, 6.45) is 45.6. The van der Waals surface area contributed by atoms with Gasteiger partial charge in [-0.05, 0) is 77.0 Å². The van der Waals surface area contributed by atoms with Crippen LogP contribution in [0.25, 0.3) is 0 Å². The number of rotatable bonds is 41. The zero-order valence-electron chi connectivity index (χ0n) is 37.7. The number of aliphatic carboxylic acids is 1. The summed E-state index contributed by atoms with van der Waals surface area (Å²) in [5.74, 6) is -2.06. The second-order valence-corrected chi connectivity index (χ2v) is 16.3. The molecule has 2 unspecified atom stereocenters. The molecule has 0 aromatic rings. The first-order valence-corrected chi connectivity index (χ1v) is 23.0. The summed E-state index contributed by atoms with van der Waals surface area (Å²) in [6, 6.07) is 0. The van der Waals surface area contributed by atoms with Gasteiger partial charge in [0.15, 0.2) is 6.10 Å². The molecule has 334 valence electrons. The van der Waals surface area contributed by atoms with Crippen LogP contribution in [0.15, 0.2) is 60.8 Å². The highest BCUT2D eigenvalue weighted by Gasteiger charge is 2.25. The number of nitrogens with zero attached hydrogens (tertiary/aromatic N) is 1. The molecule has 0 aromatic carbocycles. The van der Waals surface area contributed by atoms with Crippen molar-refractivity contribution in [3.05, 3.63) is 60.8 Å². The highest BCUT2D eigenvalue weighted by molar-refractivity contribution is 5.71. The number of carboxylic acid groups (broad SMARTS) is 1. The molecular weight excluding hydrogens is 731 g/mol. The number of unbranched alkanes of at least 4 members (excludes halogenated alkanes) is 16. The largest absolute Gasteiger partial charge is 0.477 e. The summed E-state index contributed by atoms with van der Waals surface area (Å²) < 4.78 is 22.7. The normalized spacial score (nSPS) is 13.5. The molecule has 9 nitrogen and oxygen atoms in total. The van der Waals surface area contributed by atoms with Gasteiger partial charge in [-0.15, -0.1) is 0 Å². The van der Waals surface area contributed by atoms with E-state index in [4.69, 9.17) is 18.9 Å². The summed E-state index contributed by atoms with van der Waals surface area (Å²) in [6.45, 7) is 4.70. The van der Waals surface area contributed by atoms with E-state index in [-0.39, 0.29) is 38.6 Å². The van der Waals surface area contributed by atoms with Crippen LogP contribution in [0.1, 0.15) is 174 Å². The van der Waals surface area contributed by atoms with Crippen molar-refractivity contribution < 1.29 is 42.9 Å². The number of hydrogen-bond acceptors (Lipinski definition) is 7. The first-order valence-electron chi connectivity index (χ1n) is 23.0. The molecule has 0 amide bonds. The Kier molecular flexibility index (Phi) is 38.6. The van der Waals surface area contributed by atoms with E-state index in [9.17, 15) is 19.5 Å². The van der Waals surface area contributed by atoms with Gasteiger partial charge in [-0.3, -0.25) is 9.59 Å². The Bertz CT molecular complexity index is 1140. The van der Waals surface area contributed by atoms with E-state index in [1.807, 2.05) is 21.1 Å². The summed E-state index contributed by atoms with van der Waals surface area (Å²) in [7, 11) is 5.94. The lowest BCUT2D eigenvalue weighted by atomic mass is 10.1.